The van der Waals surface area contributed by atoms with Crippen LogP contribution in [0.15, 0.2) is 30.6 Å². The molecule has 1 unspecified atom stereocenters. The summed E-state index contributed by atoms with van der Waals surface area (Å²) in [5.41, 5.74) is 9.18. The Morgan fingerprint density at radius 3 is 2.54 bits per heavy atom. The van der Waals surface area contributed by atoms with E-state index in [1.54, 1.807) is 0 Å². The number of aromatic amines is 1. The number of hydrogen-bond donors (Lipinski definition) is 3. The fourth-order valence-corrected chi connectivity index (χ4v) is 2.25. The quantitative estimate of drug-likeness (QED) is 0.623. The second-order valence-corrected chi connectivity index (χ2v) is 7.28. The fourth-order valence-electron chi connectivity index (χ4n) is 2.25. The Morgan fingerprint density at radius 1 is 1.32 bits per heavy atom. The molecule has 0 aliphatic carbocycles. The van der Waals surface area contributed by atoms with Crippen molar-refractivity contribution in [2.45, 2.75) is 39.5 Å². The highest BCUT2D eigenvalue weighted by atomic mass is 19.4. The summed E-state index contributed by atoms with van der Waals surface area (Å²) in [7, 11) is 0. The largest absolute Gasteiger partial charge is 0.490 e. The maximum atomic E-state index is 10.6. The molecule has 0 fully saturated rings. The standard InChI is InChI=1S/C15H20N6.C2HF3O2/c1-15(2,3)14(16)13-9-21(20-19-13)8-10-4-5-11-7-17-18-12(11)6-10;3-2(4,5)1(6)7/h4-7,9,14H,8,16H2,1-3H3,(H,17,18);(H,6,7). The second kappa shape index (κ2) is 7.97. The third-order valence-electron chi connectivity index (χ3n) is 3.90. The van der Waals surface area contributed by atoms with Crippen LogP contribution in [0.2, 0.25) is 0 Å². The highest BCUT2D eigenvalue weighted by molar-refractivity contribution is 5.78. The van der Waals surface area contributed by atoms with Crippen molar-refractivity contribution in [3.8, 4) is 0 Å². The number of nitrogens with zero attached hydrogens (tertiary/aromatic N) is 4. The van der Waals surface area contributed by atoms with Crippen molar-refractivity contribution < 1.29 is 23.1 Å². The highest BCUT2D eigenvalue weighted by Crippen LogP contribution is 2.28. The minimum absolute atomic E-state index is 0.0321. The molecule has 8 nitrogen and oxygen atoms in total. The Balaban J connectivity index is 0.000000345. The minimum Gasteiger partial charge on any atom is -0.475 e. The van der Waals surface area contributed by atoms with E-state index in [0.29, 0.717) is 6.54 Å². The van der Waals surface area contributed by atoms with E-state index in [1.165, 1.54) is 0 Å². The number of H-pyrrole nitrogens is 1. The number of carboxylic acid groups (broad SMARTS) is 1. The molecule has 1 atom stereocenters. The van der Waals surface area contributed by atoms with Gasteiger partial charge in [0, 0.05) is 5.39 Å². The number of rotatable bonds is 3. The lowest BCUT2D eigenvalue weighted by Crippen LogP contribution is -2.26. The first-order valence-corrected chi connectivity index (χ1v) is 8.25. The zero-order valence-corrected chi connectivity index (χ0v) is 15.5. The van der Waals surface area contributed by atoms with Crippen LogP contribution in [0.4, 0.5) is 13.2 Å². The molecule has 0 aliphatic heterocycles. The SMILES string of the molecule is CC(C)(C)C(N)c1cn(Cc2ccc3cn[nH]c3c2)nn1.O=C(O)C(F)(F)F. The van der Waals surface area contributed by atoms with Gasteiger partial charge in [0.25, 0.3) is 0 Å². The maximum absolute atomic E-state index is 10.6. The number of hydrogen-bond acceptors (Lipinski definition) is 5. The van der Waals surface area contributed by atoms with Crippen LogP contribution >= 0.6 is 0 Å². The van der Waals surface area contributed by atoms with E-state index >= 15 is 0 Å². The zero-order valence-electron chi connectivity index (χ0n) is 15.5. The molecule has 11 heteroatoms. The summed E-state index contributed by atoms with van der Waals surface area (Å²) >= 11 is 0. The molecule has 0 amide bonds. The molecule has 2 heterocycles. The molecular weight excluding hydrogens is 377 g/mol. The first kappa shape index (κ1) is 21.4. The molecule has 1 aromatic carbocycles. The van der Waals surface area contributed by atoms with Crippen LogP contribution in [0.1, 0.15) is 38.1 Å². The normalized spacial score (nSPS) is 13.1. The van der Waals surface area contributed by atoms with Gasteiger partial charge in [0.15, 0.2) is 0 Å². The number of aliphatic carboxylic acids is 1. The van der Waals surface area contributed by atoms with Gasteiger partial charge in [0.1, 0.15) is 0 Å². The molecule has 0 radical (unpaired) electrons. The predicted molar refractivity (Wildman–Crippen MR) is 95.3 cm³/mol. The van der Waals surface area contributed by atoms with E-state index in [0.717, 1.165) is 22.2 Å². The third kappa shape index (κ3) is 5.52. The van der Waals surface area contributed by atoms with E-state index in [2.05, 4.69) is 53.4 Å². The molecule has 2 aromatic heterocycles. The zero-order chi connectivity index (χ0) is 21.1. The lowest BCUT2D eigenvalue weighted by Gasteiger charge is -2.24. The van der Waals surface area contributed by atoms with Gasteiger partial charge in [-0.25, -0.2) is 9.48 Å². The first-order chi connectivity index (χ1) is 12.9. The summed E-state index contributed by atoms with van der Waals surface area (Å²) in [5, 5.41) is 23.6. The monoisotopic (exact) mass is 398 g/mol. The van der Waals surface area contributed by atoms with Gasteiger partial charge in [-0.1, -0.05) is 38.1 Å². The number of carboxylic acids is 1. The maximum Gasteiger partial charge on any atom is 0.490 e. The van der Waals surface area contributed by atoms with E-state index in [1.807, 2.05) is 23.1 Å². The number of fused-ring (bicyclic) bond motifs is 1. The average molecular weight is 398 g/mol. The van der Waals surface area contributed by atoms with Gasteiger partial charge in [-0.05, 0) is 17.0 Å². The van der Waals surface area contributed by atoms with Crippen molar-refractivity contribution in [3.05, 3.63) is 41.9 Å². The van der Waals surface area contributed by atoms with Crippen molar-refractivity contribution in [1.82, 2.24) is 25.2 Å². The third-order valence-corrected chi connectivity index (χ3v) is 3.90. The number of halogens is 3. The van der Waals surface area contributed by atoms with Gasteiger partial charge in [-0.3, -0.25) is 5.10 Å². The van der Waals surface area contributed by atoms with Crippen molar-refractivity contribution in [2.75, 3.05) is 0 Å². The molecular formula is C17H21F3N6O2. The van der Waals surface area contributed by atoms with Crippen LogP contribution in [0, 0.1) is 5.41 Å². The van der Waals surface area contributed by atoms with Crippen LogP contribution in [0.3, 0.4) is 0 Å². The average Bonchev–Trinajstić information content (AvgIpc) is 3.21. The Morgan fingerprint density at radius 2 is 1.96 bits per heavy atom. The summed E-state index contributed by atoms with van der Waals surface area (Å²) in [4.78, 5) is 8.90. The van der Waals surface area contributed by atoms with Gasteiger partial charge in [0.05, 0.1) is 36.2 Å². The number of aromatic nitrogens is 5. The number of alkyl halides is 3. The number of benzene rings is 1. The lowest BCUT2D eigenvalue weighted by atomic mass is 9.86. The molecule has 0 saturated carbocycles. The van der Waals surface area contributed by atoms with Crippen LogP contribution < -0.4 is 5.73 Å². The van der Waals surface area contributed by atoms with Gasteiger partial charge < -0.3 is 10.8 Å². The Hall–Kier alpha value is -2.95. The Labute approximate surface area is 158 Å². The molecule has 0 saturated heterocycles. The smallest absolute Gasteiger partial charge is 0.475 e. The lowest BCUT2D eigenvalue weighted by molar-refractivity contribution is -0.192. The second-order valence-electron chi connectivity index (χ2n) is 7.28. The highest BCUT2D eigenvalue weighted by Gasteiger charge is 2.38. The first-order valence-electron chi connectivity index (χ1n) is 8.25. The molecule has 0 spiro atoms. The minimum atomic E-state index is -5.08. The molecule has 0 bridgehead atoms. The van der Waals surface area contributed by atoms with E-state index < -0.39 is 12.1 Å². The van der Waals surface area contributed by atoms with Gasteiger partial charge in [0.2, 0.25) is 0 Å². The van der Waals surface area contributed by atoms with Crippen LogP contribution in [-0.2, 0) is 11.3 Å². The molecule has 3 rings (SSSR count). The summed E-state index contributed by atoms with van der Waals surface area (Å²) < 4.78 is 33.6. The Bertz CT molecular complexity index is 942. The van der Waals surface area contributed by atoms with Gasteiger partial charge in [-0.2, -0.15) is 18.3 Å². The number of nitrogens with two attached hydrogens (primary N) is 1. The van der Waals surface area contributed by atoms with Crippen LogP contribution in [0.5, 0.6) is 0 Å². The van der Waals surface area contributed by atoms with Crippen LogP contribution in [-0.4, -0.2) is 42.4 Å². The number of nitrogens with one attached hydrogen (secondary N) is 1. The van der Waals surface area contributed by atoms with Crippen molar-refractivity contribution in [1.29, 1.82) is 0 Å². The van der Waals surface area contributed by atoms with Gasteiger partial charge in [-0.15, -0.1) is 5.10 Å². The molecule has 152 valence electrons. The van der Waals surface area contributed by atoms with Crippen molar-refractivity contribution in [2.24, 2.45) is 11.1 Å². The molecule has 28 heavy (non-hydrogen) atoms. The summed E-state index contributed by atoms with van der Waals surface area (Å²) in [6, 6.07) is 6.07. The molecule has 4 N–H and O–H groups in total. The molecule has 3 aromatic rings. The van der Waals surface area contributed by atoms with Gasteiger partial charge >= 0.3 is 12.1 Å². The van der Waals surface area contributed by atoms with E-state index in [-0.39, 0.29) is 11.5 Å². The topological polar surface area (TPSA) is 123 Å². The van der Waals surface area contributed by atoms with Crippen LogP contribution in [0.25, 0.3) is 10.9 Å². The fraction of sp³-hybridized carbons (Fsp3) is 0.412. The summed E-state index contributed by atoms with van der Waals surface area (Å²) in [6.07, 6.45) is -1.35. The predicted octanol–water partition coefficient (Wildman–Crippen LogP) is 2.88. The van der Waals surface area contributed by atoms with E-state index in [9.17, 15) is 13.2 Å². The number of carbonyl (C=O) groups is 1. The van der Waals surface area contributed by atoms with Crippen molar-refractivity contribution in [3.63, 3.8) is 0 Å². The van der Waals surface area contributed by atoms with E-state index in [4.69, 9.17) is 15.6 Å². The van der Waals surface area contributed by atoms with Crippen molar-refractivity contribution >= 4 is 16.9 Å². The summed E-state index contributed by atoms with van der Waals surface area (Å²) in [6.45, 7) is 6.97. The summed E-state index contributed by atoms with van der Waals surface area (Å²) in [5.74, 6) is -2.76. The molecule has 0 aliphatic rings. The Kier molecular flexibility index (Phi) is 6.07.